The Hall–Kier alpha value is -2.15. The van der Waals surface area contributed by atoms with Crippen molar-refractivity contribution in [3.63, 3.8) is 0 Å². The third-order valence-electron chi connectivity index (χ3n) is 4.73. The lowest BCUT2D eigenvalue weighted by atomic mass is 10.0. The molecule has 0 radical (unpaired) electrons. The quantitative estimate of drug-likeness (QED) is 0.610. The summed E-state index contributed by atoms with van der Waals surface area (Å²) in [4.78, 5) is 20.8. The monoisotopic (exact) mass is 379 g/mol. The molecule has 4 N–H and O–H groups in total. The van der Waals surface area contributed by atoms with Gasteiger partial charge >= 0.3 is 6.09 Å². The molecule has 1 amide bonds. The molecule has 8 heteroatoms. The van der Waals surface area contributed by atoms with Gasteiger partial charge < -0.3 is 25.6 Å². The van der Waals surface area contributed by atoms with E-state index in [0.29, 0.717) is 17.5 Å². The maximum Gasteiger partial charge on any atom is 0.404 e. The number of nitrogens with one attached hydrogen (secondary N) is 3. The first-order valence-corrected chi connectivity index (χ1v) is 9.47. The molecule has 0 spiro atoms. The summed E-state index contributed by atoms with van der Waals surface area (Å²) in [7, 11) is 0. The summed E-state index contributed by atoms with van der Waals surface area (Å²) in [5.74, 6) is 0.624. The third kappa shape index (κ3) is 4.15. The van der Waals surface area contributed by atoms with Crippen molar-refractivity contribution in [1.29, 1.82) is 0 Å². The summed E-state index contributed by atoms with van der Waals surface area (Å²) in [6.45, 7) is 6.71. The summed E-state index contributed by atoms with van der Waals surface area (Å²) in [5.41, 5.74) is 2.69. The van der Waals surface area contributed by atoms with Crippen molar-refractivity contribution >= 4 is 40.1 Å². The van der Waals surface area contributed by atoms with Gasteiger partial charge in [0, 0.05) is 31.9 Å². The number of amides is 1. The lowest BCUT2D eigenvalue weighted by molar-refractivity contribution is 0.188. The minimum absolute atomic E-state index is 0.100. The molecule has 7 nitrogen and oxygen atoms in total. The number of anilines is 2. The van der Waals surface area contributed by atoms with Gasteiger partial charge in [-0.15, -0.1) is 0 Å². The molecule has 1 unspecified atom stereocenters. The van der Waals surface area contributed by atoms with Crippen molar-refractivity contribution in [2.75, 3.05) is 29.9 Å². The van der Waals surface area contributed by atoms with Gasteiger partial charge in [0.1, 0.15) is 5.65 Å². The number of hydrogen-bond donors (Lipinski definition) is 4. The van der Waals surface area contributed by atoms with Gasteiger partial charge in [0.15, 0.2) is 0 Å². The molecule has 2 aromatic heterocycles. The van der Waals surface area contributed by atoms with Gasteiger partial charge in [0.2, 0.25) is 0 Å². The standard InChI is InChI=1S/C18H26ClN5O2/c1-11(2)5-6-20-14-9-22-17-15(14)16(13(19)8-21-17)24-7-3-4-12(10-24)23-18(25)26/h8-9,11-12,20,23H,3-7,10H2,1-2H3,(H,21,22)(H,25,26). The Kier molecular flexibility index (Phi) is 5.76. The maximum atomic E-state index is 11.0. The number of aromatic nitrogens is 2. The van der Waals surface area contributed by atoms with Crippen LogP contribution in [0.25, 0.3) is 11.0 Å². The summed E-state index contributed by atoms with van der Waals surface area (Å²) in [6, 6.07) is -0.100. The number of piperidine rings is 1. The first-order valence-electron chi connectivity index (χ1n) is 9.09. The molecule has 26 heavy (non-hydrogen) atoms. The first kappa shape index (κ1) is 18.6. The van der Waals surface area contributed by atoms with Crippen molar-refractivity contribution < 1.29 is 9.90 Å². The molecule has 0 saturated carbocycles. The second-order valence-electron chi connectivity index (χ2n) is 7.22. The molecule has 0 aromatic carbocycles. The van der Waals surface area contributed by atoms with Crippen LogP contribution in [0.4, 0.5) is 16.2 Å². The summed E-state index contributed by atoms with van der Waals surface area (Å²) in [6.07, 6.45) is 5.41. The van der Waals surface area contributed by atoms with E-state index in [2.05, 4.69) is 39.3 Å². The van der Waals surface area contributed by atoms with E-state index >= 15 is 0 Å². The fraction of sp³-hybridized carbons (Fsp3) is 0.556. The highest BCUT2D eigenvalue weighted by atomic mass is 35.5. The van der Waals surface area contributed by atoms with Crippen molar-refractivity contribution in [3.8, 4) is 0 Å². The van der Waals surface area contributed by atoms with Gasteiger partial charge in [-0.1, -0.05) is 25.4 Å². The van der Waals surface area contributed by atoms with Crippen LogP contribution < -0.4 is 15.5 Å². The second-order valence-corrected chi connectivity index (χ2v) is 7.63. The van der Waals surface area contributed by atoms with Crippen molar-refractivity contribution in [2.45, 2.75) is 39.2 Å². The Bertz CT molecular complexity index is 776. The van der Waals surface area contributed by atoms with Crippen molar-refractivity contribution in [3.05, 3.63) is 17.4 Å². The lowest BCUT2D eigenvalue weighted by Gasteiger charge is -2.35. The van der Waals surface area contributed by atoms with Crippen LogP contribution in [0, 0.1) is 5.92 Å². The second kappa shape index (κ2) is 8.03. The number of carbonyl (C=O) groups is 1. The molecule has 1 atom stereocenters. The molecule has 3 rings (SSSR count). The van der Waals surface area contributed by atoms with E-state index in [0.717, 1.165) is 54.8 Å². The topological polar surface area (TPSA) is 93.3 Å². The van der Waals surface area contributed by atoms with Gasteiger partial charge in [-0.25, -0.2) is 9.78 Å². The number of carboxylic acid groups (broad SMARTS) is 1. The largest absolute Gasteiger partial charge is 0.465 e. The van der Waals surface area contributed by atoms with Gasteiger partial charge in [-0.05, 0) is 25.2 Å². The molecular weight excluding hydrogens is 354 g/mol. The number of H-pyrrole nitrogens is 1. The number of hydrogen-bond acceptors (Lipinski definition) is 4. The fourth-order valence-electron chi connectivity index (χ4n) is 3.47. The average Bonchev–Trinajstić information content (AvgIpc) is 2.97. The SMILES string of the molecule is CC(C)CCNc1c[nH]c2ncc(Cl)c(N3CCCC(NC(=O)O)C3)c12. The van der Waals surface area contributed by atoms with E-state index in [4.69, 9.17) is 16.7 Å². The zero-order valence-corrected chi connectivity index (χ0v) is 15.9. The van der Waals surface area contributed by atoms with Gasteiger partial charge in [0.25, 0.3) is 0 Å². The van der Waals surface area contributed by atoms with Crippen molar-refractivity contribution in [2.24, 2.45) is 5.92 Å². The molecule has 1 fully saturated rings. The van der Waals surface area contributed by atoms with Crippen LogP contribution in [0.2, 0.25) is 5.02 Å². The van der Waals surface area contributed by atoms with E-state index in [1.54, 1.807) is 6.20 Å². The van der Waals surface area contributed by atoms with Gasteiger partial charge in [0.05, 0.1) is 28.0 Å². The molecular formula is C18H26ClN5O2. The average molecular weight is 380 g/mol. The zero-order valence-electron chi connectivity index (χ0n) is 15.2. The van der Waals surface area contributed by atoms with Crippen LogP contribution in [0.5, 0.6) is 0 Å². The normalized spacial score (nSPS) is 17.7. The summed E-state index contributed by atoms with van der Waals surface area (Å²) < 4.78 is 0. The fourth-order valence-corrected chi connectivity index (χ4v) is 3.74. The number of aromatic amines is 1. The van der Waals surface area contributed by atoms with Crippen molar-refractivity contribution in [1.82, 2.24) is 15.3 Å². The molecule has 1 aliphatic heterocycles. The Morgan fingerprint density at radius 3 is 3.08 bits per heavy atom. The molecule has 0 aliphatic carbocycles. The highest BCUT2D eigenvalue weighted by Gasteiger charge is 2.26. The Morgan fingerprint density at radius 1 is 1.54 bits per heavy atom. The number of halogens is 1. The van der Waals surface area contributed by atoms with Crippen LogP contribution in [-0.2, 0) is 0 Å². The number of fused-ring (bicyclic) bond motifs is 1. The van der Waals surface area contributed by atoms with Crippen LogP contribution >= 0.6 is 11.6 Å². The maximum absolute atomic E-state index is 11.0. The zero-order chi connectivity index (χ0) is 18.7. The molecule has 0 bridgehead atoms. The summed E-state index contributed by atoms with van der Waals surface area (Å²) in [5, 5.41) is 16.7. The predicted octanol–water partition coefficient (Wildman–Crippen LogP) is 3.91. The first-order chi connectivity index (χ1) is 12.5. The highest BCUT2D eigenvalue weighted by molar-refractivity contribution is 6.35. The lowest BCUT2D eigenvalue weighted by Crippen LogP contribution is -2.47. The minimum Gasteiger partial charge on any atom is -0.465 e. The molecule has 2 aromatic rings. The van der Waals surface area contributed by atoms with E-state index in [-0.39, 0.29) is 6.04 Å². The minimum atomic E-state index is -0.986. The van der Waals surface area contributed by atoms with E-state index in [1.807, 2.05) is 6.20 Å². The van der Waals surface area contributed by atoms with Crippen LogP contribution in [0.3, 0.4) is 0 Å². The Balaban J connectivity index is 1.89. The van der Waals surface area contributed by atoms with Crippen LogP contribution in [0.1, 0.15) is 33.1 Å². The van der Waals surface area contributed by atoms with E-state index in [9.17, 15) is 4.79 Å². The highest BCUT2D eigenvalue weighted by Crippen LogP contribution is 2.38. The third-order valence-corrected chi connectivity index (χ3v) is 5.01. The Morgan fingerprint density at radius 2 is 2.35 bits per heavy atom. The predicted molar refractivity (Wildman–Crippen MR) is 105 cm³/mol. The van der Waals surface area contributed by atoms with Gasteiger partial charge in [-0.3, -0.25) is 0 Å². The van der Waals surface area contributed by atoms with E-state index < -0.39 is 6.09 Å². The van der Waals surface area contributed by atoms with E-state index in [1.165, 1.54) is 0 Å². The molecule has 1 saturated heterocycles. The molecule has 3 heterocycles. The van der Waals surface area contributed by atoms with Gasteiger partial charge in [-0.2, -0.15) is 0 Å². The van der Waals surface area contributed by atoms with Crippen LogP contribution in [-0.4, -0.2) is 46.8 Å². The number of nitrogens with zero attached hydrogens (tertiary/aromatic N) is 2. The summed E-state index contributed by atoms with van der Waals surface area (Å²) >= 11 is 6.52. The van der Waals surface area contributed by atoms with Crippen LogP contribution in [0.15, 0.2) is 12.4 Å². The molecule has 142 valence electrons. The molecule has 1 aliphatic rings. The Labute approximate surface area is 158 Å². The number of rotatable bonds is 6. The number of pyridine rings is 1. The smallest absolute Gasteiger partial charge is 0.404 e.